The maximum atomic E-state index is 13.2. The summed E-state index contributed by atoms with van der Waals surface area (Å²) in [6.45, 7) is 9.68. The SMILES string of the molecule is CCN(CC)CCC(=O)N1CCN(C(=O)C(c2ccccc2)C2CC2)CC1. The summed E-state index contributed by atoms with van der Waals surface area (Å²) in [4.78, 5) is 31.8. The van der Waals surface area contributed by atoms with Crippen LogP contribution in [0.1, 0.15) is 44.6 Å². The van der Waals surface area contributed by atoms with Gasteiger partial charge in [0.25, 0.3) is 0 Å². The number of piperazine rings is 1. The predicted molar refractivity (Wildman–Crippen MR) is 107 cm³/mol. The number of benzene rings is 1. The molecule has 1 saturated carbocycles. The average molecular weight is 372 g/mol. The van der Waals surface area contributed by atoms with Crippen molar-refractivity contribution in [2.45, 2.75) is 39.0 Å². The van der Waals surface area contributed by atoms with Crippen LogP contribution in [-0.4, -0.2) is 72.3 Å². The maximum Gasteiger partial charge on any atom is 0.230 e. The fourth-order valence-electron chi connectivity index (χ4n) is 4.03. The van der Waals surface area contributed by atoms with Gasteiger partial charge in [-0.05, 0) is 37.4 Å². The number of carbonyl (C=O) groups is 2. The fraction of sp³-hybridized carbons (Fsp3) is 0.636. The van der Waals surface area contributed by atoms with Gasteiger partial charge in [0.1, 0.15) is 0 Å². The third-order valence-electron chi connectivity index (χ3n) is 6.00. The van der Waals surface area contributed by atoms with Crippen LogP contribution >= 0.6 is 0 Å². The highest BCUT2D eigenvalue weighted by atomic mass is 16.2. The lowest BCUT2D eigenvalue weighted by molar-refractivity contribution is -0.141. The molecule has 0 aromatic heterocycles. The van der Waals surface area contributed by atoms with Crippen LogP contribution in [0, 0.1) is 5.92 Å². The van der Waals surface area contributed by atoms with E-state index in [9.17, 15) is 9.59 Å². The van der Waals surface area contributed by atoms with Crippen molar-refractivity contribution in [3.8, 4) is 0 Å². The van der Waals surface area contributed by atoms with Gasteiger partial charge in [-0.15, -0.1) is 0 Å². The molecule has 27 heavy (non-hydrogen) atoms. The standard InChI is InChI=1S/C22H33N3O2/c1-3-23(4-2)13-12-20(26)24-14-16-25(17-15-24)22(27)21(19-10-11-19)18-8-6-5-7-9-18/h5-9,19,21H,3-4,10-17H2,1-2H3. The molecular weight excluding hydrogens is 338 g/mol. The minimum Gasteiger partial charge on any atom is -0.339 e. The molecule has 1 aromatic carbocycles. The largest absolute Gasteiger partial charge is 0.339 e. The van der Waals surface area contributed by atoms with Crippen LogP contribution in [0.5, 0.6) is 0 Å². The molecule has 1 atom stereocenters. The summed E-state index contributed by atoms with van der Waals surface area (Å²) in [7, 11) is 0. The normalized spacial score (nSPS) is 18.6. The lowest BCUT2D eigenvalue weighted by Crippen LogP contribution is -2.52. The van der Waals surface area contributed by atoms with Crippen molar-refractivity contribution in [1.82, 2.24) is 14.7 Å². The number of carbonyl (C=O) groups excluding carboxylic acids is 2. The third-order valence-corrected chi connectivity index (χ3v) is 6.00. The van der Waals surface area contributed by atoms with Crippen molar-refractivity contribution in [2.24, 2.45) is 5.92 Å². The molecule has 1 unspecified atom stereocenters. The number of hydrogen-bond acceptors (Lipinski definition) is 3. The number of nitrogens with zero attached hydrogens (tertiary/aromatic N) is 3. The second-order valence-electron chi connectivity index (χ2n) is 7.71. The van der Waals surface area contributed by atoms with Gasteiger partial charge in [-0.3, -0.25) is 9.59 Å². The Bertz CT molecular complexity index is 618. The quantitative estimate of drug-likeness (QED) is 0.705. The van der Waals surface area contributed by atoms with Crippen LogP contribution < -0.4 is 0 Å². The summed E-state index contributed by atoms with van der Waals surface area (Å²) >= 11 is 0. The maximum absolute atomic E-state index is 13.2. The van der Waals surface area contributed by atoms with Crippen LogP contribution in [0.4, 0.5) is 0 Å². The molecule has 0 bridgehead atoms. The van der Waals surface area contributed by atoms with Crippen molar-refractivity contribution in [1.29, 1.82) is 0 Å². The first kappa shape index (κ1) is 19.9. The van der Waals surface area contributed by atoms with E-state index in [1.54, 1.807) is 0 Å². The first-order valence-corrected chi connectivity index (χ1v) is 10.5. The van der Waals surface area contributed by atoms with Crippen molar-refractivity contribution in [3.63, 3.8) is 0 Å². The summed E-state index contributed by atoms with van der Waals surface area (Å²) in [5.74, 6) is 0.958. The molecule has 1 heterocycles. The Morgan fingerprint density at radius 3 is 2.15 bits per heavy atom. The Hall–Kier alpha value is -1.88. The van der Waals surface area contributed by atoms with Crippen LogP contribution in [0.2, 0.25) is 0 Å². The second-order valence-corrected chi connectivity index (χ2v) is 7.71. The predicted octanol–water partition coefficient (Wildman–Crippen LogP) is 2.58. The second kappa shape index (κ2) is 9.36. The number of rotatable bonds is 8. The third kappa shape index (κ3) is 5.10. The molecule has 1 aliphatic carbocycles. The van der Waals surface area contributed by atoms with Gasteiger partial charge in [0.15, 0.2) is 0 Å². The molecular formula is C22H33N3O2. The van der Waals surface area contributed by atoms with Crippen molar-refractivity contribution >= 4 is 11.8 Å². The van der Waals surface area contributed by atoms with Crippen LogP contribution in [0.25, 0.3) is 0 Å². The summed E-state index contributed by atoms with van der Waals surface area (Å²) < 4.78 is 0. The van der Waals surface area contributed by atoms with Gasteiger partial charge < -0.3 is 14.7 Å². The summed E-state index contributed by atoms with van der Waals surface area (Å²) in [5.41, 5.74) is 1.14. The van der Waals surface area contributed by atoms with Gasteiger partial charge in [-0.1, -0.05) is 44.2 Å². The van der Waals surface area contributed by atoms with E-state index >= 15 is 0 Å². The Balaban J connectivity index is 1.52. The summed E-state index contributed by atoms with van der Waals surface area (Å²) in [6.07, 6.45) is 2.87. The van der Waals surface area contributed by atoms with Gasteiger partial charge in [-0.25, -0.2) is 0 Å². The van der Waals surface area contributed by atoms with E-state index in [1.807, 2.05) is 28.0 Å². The minimum atomic E-state index is -0.00359. The van der Waals surface area contributed by atoms with E-state index in [4.69, 9.17) is 0 Å². The van der Waals surface area contributed by atoms with Gasteiger partial charge in [0.05, 0.1) is 5.92 Å². The van der Waals surface area contributed by atoms with E-state index < -0.39 is 0 Å². The monoisotopic (exact) mass is 371 g/mol. The lowest BCUT2D eigenvalue weighted by Gasteiger charge is -2.37. The lowest BCUT2D eigenvalue weighted by atomic mass is 9.92. The molecule has 0 N–H and O–H groups in total. The highest BCUT2D eigenvalue weighted by Gasteiger charge is 2.40. The highest BCUT2D eigenvalue weighted by Crippen LogP contribution is 2.43. The average Bonchev–Trinajstić information content (AvgIpc) is 3.54. The molecule has 0 spiro atoms. The zero-order chi connectivity index (χ0) is 19.2. The Kier molecular flexibility index (Phi) is 6.89. The molecule has 1 aliphatic heterocycles. The van der Waals surface area contributed by atoms with Crippen LogP contribution in [0.15, 0.2) is 30.3 Å². The van der Waals surface area contributed by atoms with E-state index in [-0.39, 0.29) is 17.7 Å². The highest BCUT2D eigenvalue weighted by molar-refractivity contribution is 5.85. The Labute approximate surface area is 163 Å². The molecule has 5 nitrogen and oxygen atoms in total. The van der Waals surface area contributed by atoms with Crippen molar-refractivity contribution in [3.05, 3.63) is 35.9 Å². The van der Waals surface area contributed by atoms with Crippen LogP contribution in [0.3, 0.4) is 0 Å². The molecule has 5 heteroatoms. The smallest absolute Gasteiger partial charge is 0.230 e. The Morgan fingerprint density at radius 1 is 1.00 bits per heavy atom. The number of hydrogen-bond donors (Lipinski definition) is 0. The molecule has 1 aromatic rings. The molecule has 2 fully saturated rings. The zero-order valence-corrected chi connectivity index (χ0v) is 16.8. The van der Waals surface area contributed by atoms with Gasteiger partial charge in [-0.2, -0.15) is 0 Å². The first-order valence-electron chi connectivity index (χ1n) is 10.5. The topological polar surface area (TPSA) is 43.9 Å². The van der Waals surface area contributed by atoms with E-state index in [2.05, 4.69) is 30.9 Å². The molecule has 0 radical (unpaired) electrons. The number of amides is 2. The van der Waals surface area contributed by atoms with Crippen LogP contribution in [-0.2, 0) is 9.59 Å². The molecule has 1 saturated heterocycles. The molecule has 3 rings (SSSR count). The molecule has 2 aliphatic rings. The van der Waals surface area contributed by atoms with Gasteiger partial charge in [0.2, 0.25) is 11.8 Å². The Morgan fingerprint density at radius 2 is 1.59 bits per heavy atom. The van der Waals surface area contributed by atoms with Crippen molar-refractivity contribution < 1.29 is 9.59 Å². The van der Waals surface area contributed by atoms with E-state index in [0.29, 0.717) is 38.5 Å². The molecule has 148 valence electrons. The summed E-state index contributed by atoms with van der Waals surface area (Å²) in [6, 6.07) is 10.2. The van der Waals surface area contributed by atoms with E-state index in [0.717, 1.165) is 38.0 Å². The van der Waals surface area contributed by atoms with Crippen molar-refractivity contribution in [2.75, 3.05) is 45.8 Å². The van der Waals surface area contributed by atoms with E-state index in [1.165, 1.54) is 0 Å². The fourth-order valence-corrected chi connectivity index (χ4v) is 4.03. The van der Waals surface area contributed by atoms with Gasteiger partial charge in [0, 0.05) is 39.1 Å². The molecule has 2 amide bonds. The minimum absolute atomic E-state index is 0.00359. The summed E-state index contributed by atoms with van der Waals surface area (Å²) in [5, 5.41) is 0. The first-order chi connectivity index (χ1) is 13.1. The zero-order valence-electron chi connectivity index (χ0n) is 16.8. The van der Waals surface area contributed by atoms with Gasteiger partial charge >= 0.3 is 0 Å².